The molecule has 1 heterocycles. The highest BCUT2D eigenvalue weighted by molar-refractivity contribution is 14.0. The number of halogens is 1. The van der Waals surface area contributed by atoms with Crippen LogP contribution in [-0.4, -0.2) is 80.2 Å². The number of ether oxygens (including phenoxy) is 1. The lowest BCUT2D eigenvalue weighted by Crippen LogP contribution is -2.53. The Labute approximate surface area is 186 Å². The maximum atomic E-state index is 11.9. The van der Waals surface area contributed by atoms with E-state index in [1.807, 2.05) is 6.92 Å². The largest absolute Gasteiger partial charge is 0.450 e. The van der Waals surface area contributed by atoms with E-state index in [0.29, 0.717) is 26.2 Å². The van der Waals surface area contributed by atoms with Gasteiger partial charge < -0.3 is 24.8 Å². The van der Waals surface area contributed by atoms with Gasteiger partial charge in [-0.3, -0.25) is 0 Å². The number of nitrogens with one attached hydrogen (secondary N) is 1. The van der Waals surface area contributed by atoms with Crippen LogP contribution in [0.5, 0.6) is 0 Å². The van der Waals surface area contributed by atoms with Gasteiger partial charge in [-0.2, -0.15) is 0 Å². The van der Waals surface area contributed by atoms with Crippen molar-refractivity contribution in [2.24, 2.45) is 4.99 Å². The molecule has 28 heavy (non-hydrogen) atoms. The quantitative estimate of drug-likeness (QED) is 0.368. The van der Waals surface area contributed by atoms with Crippen molar-refractivity contribution in [3.8, 4) is 0 Å². The second-order valence-corrected chi connectivity index (χ2v) is 6.85. The first-order valence-electron chi connectivity index (χ1n) is 9.71. The molecular formula is C20H34IN5O2. The Kier molecular flexibility index (Phi) is 11.2. The highest BCUT2D eigenvalue weighted by Crippen LogP contribution is 2.12. The summed E-state index contributed by atoms with van der Waals surface area (Å²) in [5, 5.41) is 3.38. The van der Waals surface area contributed by atoms with Gasteiger partial charge in [0, 0.05) is 39.3 Å². The summed E-state index contributed by atoms with van der Waals surface area (Å²) in [5.41, 5.74) is 2.54. The summed E-state index contributed by atoms with van der Waals surface area (Å²) in [6, 6.07) is 8.45. The molecular weight excluding hydrogens is 469 g/mol. The molecule has 0 aliphatic carbocycles. The zero-order valence-electron chi connectivity index (χ0n) is 17.5. The maximum Gasteiger partial charge on any atom is 0.409 e. The standard InChI is InChI=1S/C20H33N5O2.HI/c1-5-21-19(24-11-13-25(14-12-24)20(26)27-6-2)22-15-17-9-7-8-10-18(17)16-23(3)4;/h7-10H,5-6,11-16H2,1-4H3,(H,21,22);1H. The molecule has 1 N–H and O–H groups in total. The first-order chi connectivity index (χ1) is 13.0. The summed E-state index contributed by atoms with van der Waals surface area (Å²) in [5.74, 6) is 0.903. The van der Waals surface area contributed by atoms with Crippen LogP contribution in [0.15, 0.2) is 29.3 Å². The van der Waals surface area contributed by atoms with E-state index in [-0.39, 0.29) is 30.1 Å². The highest BCUT2D eigenvalue weighted by atomic mass is 127. The molecule has 0 saturated carbocycles. The zero-order valence-corrected chi connectivity index (χ0v) is 19.8. The van der Waals surface area contributed by atoms with Gasteiger partial charge in [-0.05, 0) is 39.1 Å². The van der Waals surface area contributed by atoms with Crippen LogP contribution in [0.1, 0.15) is 25.0 Å². The van der Waals surface area contributed by atoms with Gasteiger partial charge in [0.2, 0.25) is 0 Å². The summed E-state index contributed by atoms with van der Waals surface area (Å²) >= 11 is 0. The monoisotopic (exact) mass is 503 g/mol. The summed E-state index contributed by atoms with van der Waals surface area (Å²) in [4.78, 5) is 22.9. The van der Waals surface area contributed by atoms with E-state index < -0.39 is 0 Å². The molecule has 7 nitrogen and oxygen atoms in total. The second-order valence-electron chi connectivity index (χ2n) is 6.85. The first-order valence-corrected chi connectivity index (χ1v) is 9.71. The lowest BCUT2D eigenvalue weighted by atomic mass is 10.1. The summed E-state index contributed by atoms with van der Waals surface area (Å²) < 4.78 is 5.09. The molecule has 0 bridgehead atoms. The third-order valence-electron chi connectivity index (χ3n) is 4.44. The number of guanidine groups is 1. The zero-order chi connectivity index (χ0) is 19.6. The number of piperazine rings is 1. The number of rotatable bonds is 6. The van der Waals surface area contributed by atoms with E-state index in [2.05, 4.69) is 60.4 Å². The number of hydrogen-bond donors (Lipinski definition) is 1. The SMILES string of the molecule is CCNC(=NCc1ccccc1CN(C)C)N1CCN(C(=O)OCC)CC1.I. The Hall–Kier alpha value is -1.55. The Balaban J connectivity index is 0.00000392. The molecule has 158 valence electrons. The average Bonchev–Trinajstić information content (AvgIpc) is 2.66. The van der Waals surface area contributed by atoms with Crippen molar-refractivity contribution in [2.45, 2.75) is 26.9 Å². The third kappa shape index (κ3) is 7.46. The van der Waals surface area contributed by atoms with E-state index in [0.717, 1.165) is 32.1 Å². The molecule has 1 aromatic rings. The number of aliphatic imine (C=N–C) groups is 1. The molecule has 1 saturated heterocycles. The molecule has 0 aromatic heterocycles. The summed E-state index contributed by atoms with van der Waals surface area (Å²) in [6.45, 7) is 9.49. The summed E-state index contributed by atoms with van der Waals surface area (Å²) in [7, 11) is 4.15. The molecule has 8 heteroatoms. The first kappa shape index (κ1) is 24.5. The topological polar surface area (TPSA) is 60.4 Å². The number of amides is 1. The van der Waals surface area contributed by atoms with Gasteiger partial charge in [-0.25, -0.2) is 9.79 Å². The van der Waals surface area contributed by atoms with Gasteiger partial charge in [0.25, 0.3) is 0 Å². The minimum absolute atomic E-state index is 0. The van der Waals surface area contributed by atoms with Gasteiger partial charge in [-0.1, -0.05) is 24.3 Å². The molecule has 0 spiro atoms. The molecule has 1 aliphatic heterocycles. The molecule has 1 fully saturated rings. The molecule has 1 aromatic carbocycles. The molecule has 0 unspecified atom stereocenters. The molecule has 1 amide bonds. The van der Waals surface area contributed by atoms with Gasteiger partial charge >= 0.3 is 6.09 Å². The molecule has 0 atom stereocenters. The Morgan fingerprint density at radius 2 is 1.71 bits per heavy atom. The average molecular weight is 503 g/mol. The predicted octanol–water partition coefficient (Wildman–Crippen LogP) is 2.61. The van der Waals surface area contributed by atoms with Crippen molar-refractivity contribution in [3.63, 3.8) is 0 Å². The van der Waals surface area contributed by atoms with Crippen molar-refractivity contribution in [1.29, 1.82) is 0 Å². The van der Waals surface area contributed by atoms with E-state index >= 15 is 0 Å². The third-order valence-corrected chi connectivity index (χ3v) is 4.44. The molecule has 0 radical (unpaired) electrons. The van der Waals surface area contributed by atoms with Crippen LogP contribution < -0.4 is 5.32 Å². The highest BCUT2D eigenvalue weighted by Gasteiger charge is 2.23. The van der Waals surface area contributed by atoms with E-state index in [9.17, 15) is 4.79 Å². The number of hydrogen-bond acceptors (Lipinski definition) is 4. The van der Waals surface area contributed by atoms with Gasteiger partial charge in [0.05, 0.1) is 13.2 Å². The lowest BCUT2D eigenvalue weighted by molar-refractivity contribution is 0.0914. The van der Waals surface area contributed by atoms with Gasteiger partial charge in [-0.15, -0.1) is 24.0 Å². The smallest absolute Gasteiger partial charge is 0.409 e. The van der Waals surface area contributed by atoms with Crippen LogP contribution in [0.4, 0.5) is 4.79 Å². The van der Waals surface area contributed by atoms with Crippen LogP contribution in [0.3, 0.4) is 0 Å². The van der Waals surface area contributed by atoms with E-state index in [4.69, 9.17) is 9.73 Å². The number of benzene rings is 1. The maximum absolute atomic E-state index is 11.9. The number of nitrogens with zero attached hydrogens (tertiary/aromatic N) is 4. The normalized spacial score (nSPS) is 14.7. The Morgan fingerprint density at radius 3 is 2.29 bits per heavy atom. The minimum Gasteiger partial charge on any atom is -0.450 e. The predicted molar refractivity (Wildman–Crippen MR) is 124 cm³/mol. The Bertz CT molecular complexity index is 631. The number of carbonyl (C=O) groups is 1. The molecule has 2 rings (SSSR count). The van der Waals surface area contributed by atoms with Crippen LogP contribution in [0.2, 0.25) is 0 Å². The van der Waals surface area contributed by atoms with Crippen LogP contribution >= 0.6 is 24.0 Å². The van der Waals surface area contributed by atoms with E-state index in [1.54, 1.807) is 4.90 Å². The minimum atomic E-state index is -0.225. The fourth-order valence-electron chi connectivity index (χ4n) is 3.11. The van der Waals surface area contributed by atoms with Gasteiger partial charge in [0.1, 0.15) is 0 Å². The van der Waals surface area contributed by atoms with Crippen molar-refractivity contribution >= 4 is 36.0 Å². The van der Waals surface area contributed by atoms with Crippen molar-refractivity contribution < 1.29 is 9.53 Å². The van der Waals surface area contributed by atoms with Crippen LogP contribution in [0, 0.1) is 0 Å². The van der Waals surface area contributed by atoms with Gasteiger partial charge in [0.15, 0.2) is 5.96 Å². The van der Waals surface area contributed by atoms with Crippen LogP contribution in [0.25, 0.3) is 0 Å². The van der Waals surface area contributed by atoms with Crippen LogP contribution in [-0.2, 0) is 17.8 Å². The number of carbonyl (C=O) groups excluding carboxylic acids is 1. The van der Waals surface area contributed by atoms with Crippen molar-refractivity contribution in [2.75, 3.05) is 53.4 Å². The summed E-state index contributed by atoms with van der Waals surface area (Å²) in [6.07, 6.45) is -0.225. The fourth-order valence-corrected chi connectivity index (χ4v) is 3.11. The lowest BCUT2D eigenvalue weighted by Gasteiger charge is -2.36. The van der Waals surface area contributed by atoms with Crippen molar-refractivity contribution in [3.05, 3.63) is 35.4 Å². The van der Waals surface area contributed by atoms with E-state index in [1.165, 1.54) is 11.1 Å². The fraction of sp³-hybridized carbons (Fsp3) is 0.600. The second kappa shape index (κ2) is 12.8. The Morgan fingerprint density at radius 1 is 1.11 bits per heavy atom. The molecule has 1 aliphatic rings. The van der Waals surface area contributed by atoms with Crippen molar-refractivity contribution in [1.82, 2.24) is 20.0 Å².